The molecule has 1 rings (SSSR count). The lowest BCUT2D eigenvalue weighted by molar-refractivity contribution is -0.144. The summed E-state index contributed by atoms with van der Waals surface area (Å²) in [5.41, 5.74) is 0. The maximum Gasteiger partial charge on any atom is 0.324 e. The normalized spacial score (nSPS) is 22.2. The highest BCUT2D eigenvalue weighted by atomic mass is 19.3. The number of carbonyl (C=O) groups excluding carboxylic acids is 1. The minimum atomic E-state index is -4.21. The maximum atomic E-state index is 12.5. The van der Waals surface area contributed by atoms with Crippen LogP contribution in [0.4, 0.5) is 17.6 Å². The van der Waals surface area contributed by atoms with E-state index in [1.54, 1.807) is 5.32 Å². The number of hydrogen-bond acceptors (Lipinski definition) is 3. The summed E-state index contributed by atoms with van der Waals surface area (Å²) in [7, 11) is 0. The third-order valence-corrected chi connectivity index (χ3v) is 2.04. The monoisotopic (exact) mass is 244 g/mol. The average Bonchev–Trinajstić information content (AvgIpc) is 2.27. The molecule has 1 amide bonds. The Hall–Kier alpha value is -0.890. The van der Waals surface area contributed by atoms with Crippen molar-refractivity contribution in [2.75, 3.05) is 26.2 Å². The number of morpholine rings is 1. The largest absolute Gasteiger partial charge is 0.366 e. The van der Waals surface area contributed by atoms with Crippen molar-refractivity contribution in [2.24, 2.45) is 0 Å². The summed E-state index contributed by atoms with van der Waals surface area (Å²) in [6.45, 7) is -0.351. The Morgan fingerprint density at radius 1 is 1.56 bits per heavy atom. The van der Waals surface area contributed by atoms with E-state index in [0.717, 1.165) is 0 Å². The van der Waals surface area contributed by atoms with Gasteiger partial charge in [0.05, 0.1) is 13.2 Å². The second-order valence-corrected chi connectivity index (χ2v) is 3.34. The van der Waals surface area contributed by atoms with Crippen molar-refractivity contribution < 1.29 is 27.1 Å². The first-order valence-corrected chi connectivity index (χ1v) is 4.69. The fourth-order valence-corrected chi connectivity index (χ4v) is 1.13. The molecule has 0 spiro atoms. The Morgan fingerprint density at radius 3 is 2.75 bits per heavy atom. The molecule has 1 aliphatic heterocycles. The summed E-state index contributed by atoms with van der Waals surface area (Å²) >= 11 is 0. The molecule has 1 heterocycles. The molecule has 0 saturated carbocycles. The Bertz CT molecular complexity index is 244. The zero-order valence-corrected chi connectivity index (χ0v) is 8.31. The number of amides is 1. The standard InChI is InChI=1S/C8H12F4N2O2/c9-7(10)8(11,12)4-14-6(15)5-3-13-1-2-16-5/h5,7,13H,1-4H2,(H,14,15). The molecule has 0 bridgehead atoms. The van der Waals surface area contributed by atoms with E-state index in [-0.39, 0.29) is 13.2 Å². The number of rotatable bonds is 4. The number of carbonyl (C=O) groups is 1. The van der Waals surface area contributed by atoms with E-state index in [1.165, 1.54) is 0 Å². The lowest BCUT2D eigenvalue weighted by atomic mass is 10.2. The van der Waals surface area contributed by atoms with Crippen LogP contribution >= 0.6 is 0 Å². The first-order chi connectivity index (χ1) is 7.43. The van der Waals surface area contributed by atoms with Gasteiger partial charge in [0.1, 0.15) is 6.10 Å². The van der Waals surface area contributed by atoms with E-state index in [9.17, 15) is 22.4 Å². The lowest BCUT2D eigenvalue weighted by Gasteiger charge is -2.24. The number of alkyl halides is 4. The second-order valence-electron chi connectivity index (χ2n) is 3.34. The second kappa shape index (κ2) is 5.44. The first-order valence-electron chi connectivity index (χ1n) is 4.69. The summed E-state index contributed by atoms with van der Waals surface area (Å²) in [5, 5.41) is 4.55. The van der Waals surface area contributed by atoms with Crippen LogP contribution in [0.25, 0.3) is 0 Å². The fraction of sp³-hybridized carbons (Fsp3) is 0.875. The van der Waals surface area contributed by atoms with Crippen molar-refractivity contribution in [3.63, 3.8) is 0 Å². The zero-order chi connectivity index (χ0) is 12.2. The van der Waals surface area contributed by atoms with Crippen molar-refractivity contribution in [1.29, 1.82) is 0 Å². The SMILES string of the molecule is O=C(NCC(F)(F)C(F)F)C1CNCCO1. The average molecular weight is 244 g/mol. The van der Waals surface area contributed by atoms with Crippen LogP contribution in [0.3, 0.4) is 0 Å². The van der Waals surface area contributed by atoms with Crippen molar-refractivity contribution in [3.8, 4) is 0 Å². The molecule has 0 aromatic rings. The van der Waals surface area contributed by atoms with Gasteiger partial charge in [0.2, 0.25) is 0 Å². The molecule has 1 atom stereocenters. The highest BCUT2D eigenvalue weighted by Gasteiger charge is 2.41. The Morgan fingerprint density at radius 2 is 2.25 bits per heavy atom. The summed E-state index contributed by atoms with van der Waals surface area (Å²) in [4.78, 5) is 11.2. The molecular weight excluding hydrogens is 232 g/mol. The predicted molar refractivity (Wildman–Crippen MR) is 46.6 cm³/mol. The van der Waals surface area contributed by atoms with E-state index in [2.05, 4.69) is 5.32 Å². The van der Waals surface area contributed by atoms with Crippen molar-refractivity contribution >= 4 is 5.91 Å². The van der Waals surface area contributed by atoms with E-state index >= 15 is 0 Å². The lowest BCUT2D eigenvalue weighted by Crippen LogP contribution is -2.51. The smallest absolute Gasteiger partial charge is 0.324 e. The molecule has 0 aromatic heterocycles. The van der Waals surface area contributed by atoms with Gasteiger partial charge in [0, 0.05) is 13.1 Å². The Labute approximate surface area is 89.3 Å². The highest BCUT2D eigenvalue weighted by molar-refractivity contribution is 5.81. The number of halogens is 4. The van der Waals surface area contributed by atoms with Crippen LogP contribution < -0.4 is 10.6 Å². The molecular formula is C8H12F4N2O2. The van der Waals surface area contributed by atoms with Gasteiger partial charge in [-0.15, -0.1) is 0 Å². The minimum absolute atomic E-state index is 0.187. The van der Waals surface area contributed by atoms with Crippen LogP contribution in [-0.2, 0) is 9.53 Å². The molecule has 0 aromatic carbocycles. The van der Waals surface area contributed by atoms with E-state index < -0.39 is 30.9 Å². The molecule has 2 N–H and O–H groups in total. The van der Waals surface area contributed by atoms with Gasteiger partial charge in [0.25, 0.3) is 5.91 Å². The molecule has 4 nitrogen and oxygen atoms in total. The topological polar surface area (TPSA) is 50.4 Å². The maximum absolute atomic E-state index is 12.5. The summed E-state index contributed by atoms with van der Waals surface area (Å²) in [6, 6.07) is 0. The highest BCUT2D eigenvalue weighted by Crippen LogP contribution is 2.21. The molecule has 1 saturated heterocycles. The summed E-state index contributed by atoms with van der Waals surface area (Å²) in [5.74, 6) is -5.02. The predicted octanol–water partition coefficient (Wildman–Crippen LogP) is -0.00860. The van der Waals surface area contributed by atoms with Gasteiger partial charge in [0.15, 0.2) is 0 Å². The van der Waals surface area contributed by atoms with Crippen LogP contribution in [-0.4, -0.2) is 50.6 Å². The van der Waals surface area contributed by atoms with Crippen LogP contribution in [0.2, 0.25) is 0 Å². The van der Waals surface area contributed by atoms with Gasteiger partial charge in [-0.2, -0.15) is 8.78 Å². The van der Waals surface area contributed by atoms with E-state index in [1.807, 2.05) is 0 Å². The van der Waals surface area contributed by atoms with Gasteiger partial charge in [-0.3, -0.25) is 4.79 Å². The molecule has 0 radical (unpaired) electrons. The van der Waals surface area contributed by atoms with Gasteiger partial charge in [-0.05, 0) is 0 Å². The molecule has 1 aliphatic rings. The minimum Gasteiger partial charge on any atom is -0.366 e. The molecule has 8 heteroatoms. The molecule has 16 heavy (non-hydrogen) atoms. The Kier molecular flexibility index (Phi) is 4.48. The van der Waals surface area contributed by atoms with E-state index in [0.29, 0.717) is 6.54 Å². The van der Waals surface area contributed by atoms with Crippen LogP contribution in [0.5, 0.6) is 0 Å². The van der Waals surface area contributed by atoms with Gasteiger partial charge in [-0.1, -0.05) is 0 Å². The number of ether oxygens (including phenoxy) is 1. The first kappa shape index (κ1) is 13.2. The van der Waals surface area contributed by atoms with Crippen molar-refractivity contribution in [2.45, 2.75) is 18.5 Å². The van der Waals surface area contributed by atoms with Crippen LogP contribution in [0, 0.1) is 0 Å². The number of hydrogen-bond donors (Lipinski definition) is 2. The fourth-order valence-electron chi connectivity index (χ4n) is 1.13. The van der Waals surface area contributed by atoms with Crippen molar-refractivity contribution in [1.82, 2.24) is 10.6 Å². The van der Waals surface area contributed by atoms with Crippen molar-refractivity contribution in [3.05, 3.63) is 0 Å². The quantitative estimate of drug-likeness (QED) is 0.684. The third-order valence-electron chi connectivity index (χ3n) is 2.04. The third kappa shape index (κ3) is 3.60. The van der Waals surface area contributed by atoms with Gasteiger partial charge >= 0.3 is 12.3 Å². The molecule has 1 unspecified atom stereocenters. The van der Waals surface area contributed by atoms with Gasteiger partial charge in [-0.25, -0.2) is 8.78 Å². The number of nitrogens with one attached hydrogen (secondary N) is 2. The molecule has 1 fully saturated rings. The zero-order valence-electron chi connectivity index (χ0n) is 8.31. The summed E-state index contributed by atoms with van der Waals surface area (Å²) < 4.78 is 53.4. The Balaban J connectivity index is 2.34. The van der Waals surface area contributed by atoms with Gasteiger partial charge < -0.3 is 15.4 Å². The summed E-state index contributed by atoms with van der Waals surface area (Å²) in [6.07, 6.45) is -4.69. The van der Waals surface area contributed by atoms with Crippen LogP contribution in [0.15, 0.2) is 0 Å². The van der Waals surface area contributed by atoms with Crippen LogP contribution in [0.1, 0.15) is 0 Å². The molecule has 94 valence electrons. The molecule has 0 aliphatic carbocycles. The van der Waals surface area contributed by atoms with E-state index in [4.69, 9.17) is 4.74 Å².